The maximum atomic E-state index is 12.9. The van der Waals surface area contributed by atoms with Gasteiger partial charge in [-0.05, 0) is 36.4 Å². The summed E-state index contributed by atoms with van der Waals surface area (Å²) >= 11 is 3.30. The fourth-order valence-corrected chi connectivity index (χ4v) is 3.17. The molecule has 0 spiro atoms. The summed E-state index contributed by atoms with van der Waals surface area (Å²) < 4.78 is 2.42. The van der Waals surface area contributed by atoms with Crippen molar-refractivity contribution in [2.45, 2.75) is 0 Å². The first-order valence-electron chi connectivity index (χ1n) is 7.42. The average Bonchev–Trinajstić information content (AvgIpc) is 3.01. The molecule has 6 heteroatoms. The van der Waals surface area contributed by atoms with Crippen molar-refractivity contribution in [3.05, 3.63) is 75.9 Å². The van der Waals surface area contributed by atoms with E-state index in [0.29, 0.717) is 21.2 Å². The maximum absolute atomic E-state index is 12.9. The number of aromatic nitrogens is 2. The number of ketones is 1. The first-order valence-corrected chi connectivity index (χ1v) is 8.22. The van der Waals surface area contributed by atoms with Crippen LogP contribution in [0.25, 0.3) is 16.7 Å². The number of nitrogens with zero attached hydrogens (tertiary/aromatic N) is 3. The molecule has 0 aliphatic rings. The van der Waals surface area contributed by atoms with Gasteiger partial charge in [-0.1, -0.05) is 28.1 Å². The Bertz CT molecular complexity index is 1200. The minimum Gasteiger partial charge on any atom is -0.507 e. The Morgan fingerprint density at radius 2 is 2.00 bits per heavy atom. The lowest BCUT2D eigenvalue weighted by atomic mass is 10.0. The number of phenolic OH excluding ortho intramolecular Hbond substituents is 1. The van der Waals surface area contributed by atoms with Crippen molar-refractivity contribution in [3.8, 4) is 11.8 Å². The second-order valence-corrected chi connectivity index (χ2v) is 6.45. The molecule has 1 N–H and O–H groups in total. The number of aromatic hydroxyl groups is 1. The highest BCUT2D eigenvalue weighted by Gasteiger charge is 2.18. The number of nitriles is 1. The highest BCUT2D eigenvalue weighted by atomic mass is 79.9. The van der Waals surface area contributed by atoms with Crippen molar-refractivity contribution >= 4 is 38.4 Å². The standard InChI is InChI=1S/C19H10BrN3O2/c20-13-5-6-17(24)14(8-13)18(25)12-7-11(9-21)19-22-15-3-1-2-4-16(15)23(19)10-12/h1-8,10,24H. The van der Waals surface area contributed by atoms with Crippen LogP contribution in [0.15, 0.2) is 59.2 Å². The van der Waals surface area contributed by atoms with Crippen molar-refractivity contribution < 1.29 is 9.90 Å². The second kappa shape index (κ2) is 5.72. The highest BCUT2D eigenvalue weighted by molar-refractivity contribution is 9.10. The Morgan fingerprint density at radius 1 is 1.20 bits per heavy atom. The van der Waals surface area contributed by atoms with Crippen LogP contribution in [0, 0.1) is 11.3 Å². The van der Waals surface area contributed by atoms with Crippen LogP contribution < -0.4 is 0 Å². The van der Waals surface area contributed by atoms with E-state index in [4.69, 9.17) is 0 Å². The lowest BCUT2D eigenvalue weighted by molar-refractivity contribution is 0.103. The zero-order valence-corrected chi connectivity index (χ0v) is 14.4. The normalized spacial score (nSPS) is 10.9. The Morgan fingerprint density at radius 3 is 2.80 bits per heavy atom. The topological polar surface area (TPSA) is 78.4 Å². The minimum absolute atomic E-state index is 0.109. The van der Waals surface area contributed by atoms with E-state index in [-0.39, 0.29) is 17.1 Å². The Kier molecular flexibility index (Phi) is 3.52. The van der Waals surface area contributed by atoms with E-state index in [0.717, 1.165) is 11.0 Å². The lowest BCUT2D eigenvalue weighted by Crippen LogP contribution is -2.05. The number of rotatable bonds is 2. The molecule has 5 nitrogen and oxygen atoms in total. The summed E-state index contributed by atoms with van der Waals surface area (Å²) in [6, 6.07) is 15.7. The van der Waals surface area contributed by atoms with Gasteiger partial charge in [-0.25, -0.2) is 4.98 Å². The van der Waals surface area contributed by atoms with Gasteiger partial charge < -0.3 is 5.11 Å². The van der Waals surface area contributed by atoms with Gasteiger partial charge in [0.25, 0.3) is 0 Å². The summed E-state index contributed by atoms with van der Waals surface area (Å²) in [5.74, 6) is -0.475. The third-order valence-corrected chi connectivity index (χ3v) is 4.48. The van der Waals surface area contributed by atoms with E-state index < -0.39 is 0 Å². The van der Waals surface area contributed by atoms with Gasteiger partial charge in [-0.15, -0.1) is 0 Å². The zero-order chi connectivity index (χ0) is 17.6. The van der Waals surface area contributed by atoms with E-state index in [1.165, 1.54) is 12.1 Å². The number of imidazole rings is 1. The lowest BCUT2D eigenvalue weighted by Gasteiger charge is -2.07. The molecule has 2 aromatic heterocycles. The molecule has 25 heavy (non-hydrogen) atoms. The average molecular weight is 392 g/mol. The number of carbonyl (C=O) groups excluding carboxylic acids is 1. The van der Waals surface area contributed by atoms with Gasteiger partial charge in [0.1, 0.15) is 11.8 Å². The number of fused-ring (bicyclic) bond motifs is 3. The number of hydrogen-bond acceptors (Lipinski definition) is 4. The molecule has 4 aromatic rings. The molecule has 0 aliphatic heterocycles. The summed E-state index contributed by atoms with van der Waals surface area (Å²) in [6.07, 6.45) is 1.65. The van der Waals surface area contributed by atoms with Crippen LogP contribution >= 0.6 is 15.9 Å². The van der Waals surface area contributed by atoms with Crippen molar-refractivity contribution in [2.24, 2.45) is 0 Å². The molecule has 0 bridgehead atoms. The molecular formula is C19H10BrN3O2. The number of pyridine rings is 1. The smallest absolute Gasteiger partial charge is 0.198 e. The number of carbonyl (C=O) groups is 1. The number of phenols is 1. The molecule has 0 saturated heterocycles. The molecule has 2 heterocycles. The van der Waals surface area contributed by atoms with Crippen molar-refractivity contribution in [3.63, 3.8) is 0 Å². The third kappa shape index (κ3) is 2.46. The molecule has 0 radical (unpaired) electrons. The predicted octanol–water partition coefficient (Wildman–Crippen LogP) is 4.06. The summed E-state index contributed by atoms with van der Waals surface area (Å²) in [6.45, 7) is 0. The maximum Gasteiger partial charge on any atom is 0.198 e. The first kappa shape index (κ1) is 15.4. The van der Waals surface area contributed by atoms with Gasteiger partial charge >= 0.3 is 0 Å². The van der Waals surface area contributed by atoms with Gasteiger partial charge in [0.2, 0.25) is 0 Å². The molecule has 0 saturated carbocycles. The van der Waals surface area contributed by atoms with Crippen LogP contribution in [0.3, 0.4) is 0 Å². The summed E-state index contributed by atoms with van der Waals surface area (Å²) in [4.78, 5) is 17.3. The predicted molar refractivity (Wildman–Crippen MR) is 96.7 cm³/mol. The molecule has 0 amide bonds. The van der Waals surface area contributed by atoms with Gasteiger partial charge in [-0.3, -0.25) is 9.20 Å². The third-order valence-electron chi connectivity index (χ3n) is 3.99. The minimum atomic E-state index is -0.366. The van der Waals surface area contributed by atoms with E-state index in [9.17, 15) is 15.2 Å². The Labute approximate surface area is 150 Å². The van der Waals surface area contributed by atoms with Gasteiger partial charge in [-0.2, -0.15) is 5.26 Å². The number of halogens is 1. The molecular weight excluding hydrogens is 382 g/mol. The summed E-state index contributed by atoms with van der Waals surface area (Å²) in [5, 5.41) is 19.5. The van der Waals surface area contributed by atoms with Crippen LogP contribution in [-0.4, -0.2) is 20.3 Å². The SMILES string of the molecule is N#Cc1cc(C(=O)c2cc(Br)ccc2O)cn2c1nc1ccccc12. The van der Waals surface area contributed by atoms with Crippen molar-refractivity contribution in [1.29, 1.82) is 5.26 Å². The van der Waals surface area contributed by atoms with Crippen LogP contribution in [0.5, 0.6) is 5.75 Å². The summed E-state index contributed by atoms with van der Waals surface area (Å²) in [7, 11) is 0. The van der Waals surface area contributed by atoms with E-state index >= 15 is 0 Å². The fraction of sp³-hybridized carbons (Fsp3) is 0. The molecule has 0 fully saturated rings. The Hall–Kier alpha value is -3.17. The second-order valence-electron chi connectivity index (χ2n) is 5.54. The van der Waals surface area contributed by atoms with Crippen molar-refractivity contribution in [1.82, 2.24) is 9.38 Å². The zero-order valence-electron chi connectivity index (χ0n) is 12.8. The highest BCUT2D eigenvalue weighted by Crippen LogP contribution is 2.26. The van der Waals surface area contributed by atoms with E-state index in [2.05, 4.69) is 27.0 Å². The molecule has 0 aliphatic carbocycles. The Balaban J connectivity index is 1.99. The van der Waals surface area contributed by atoms with E-state index in [1.54, 1.807) is 22.7 Å². The van der Waals surface area contributed by atoms with Gasteiger partial charge in [0.15, 0.2) is 11.4 Å². The van der Waals surface area contributed by atoms with Crippen molar-refractivity contribution in [2.75, 3.05) is 0 Å². The largest absolute Gasteiger partial charge is 0.507 e. The summed E-state index contributed by atoms with van der Waals surface area (Å²) in [5.41, 5.74) is 2.83. The van der Waals surface area contributed by atoms with Crippen LogP contribution in [-0.2, 0) is 0 Å². The number of benzene rings is 2. The van der Waals surface area contributed by atoms with E-state index in [1.807, 2.05) is 24.3 Å². The quantitative estimate of drug-likeness (QED) is 0.522. The molecule has 0 unspecified atom stereocenters. The monoisotopic (exact) mass is 391 g/mol. The van der Waals surface area contributed by atoms with Gasteiger partial charge in [0, 0.05) is 16.2 Å². The molecule has 120 valence electrons. The number of para-hydroxylation sites is 2. The van der Waals surface area contributed by atoms with Crippen LogP contribution in [0.4, 0.5) is 0 Å². The molecule has 0 atom stereocenters. The van der Waals surface area contributed by atoms with Crippen LogP contribution in [0.1, 0.15) is 21.5 Å². The van der Waals surface area contributed by atoms with Crippen LogP contribution in [0.2, 0.25) is 0 Å². The van der Waals surface area contributed by atoms with Gasteiger partial charge in [0.05, 0.1) is 22.2 Å². The number of hydrogen-bond donors (Lipinski definition) is 1. The fourth-order valence-electron chi connectivity index (χ4n) is 2.81. The first-order chi connectivity index (χ1) is 12.1. The molecule has 2 aromatic carbocycles. The molecule has 4 rings (SSSR count).